The van der Waals surface area contributed by atoms with Crippen LogP contribution >= 0.6 is 0 Å². The molecule has 0 aliphatic carbocycles. The van der Waals surface area contributed by atoms with Gasteiger partial charge in [-0.1, -0.05) is 42.5 Å². The second kappa shape index (κ2) is 7.38. The average molecular weight is 339 g/mol. The summed E-state index contributed by atoms with van der Waals surface area (Å²) in [6.45, 7) is 2.03. The number of ether oxygens (including phenoxy) is 2. The lowest BCUT2D eigenvalue weighted by Crippen LogP contribution is -2.42. The Kier molecular flexibility index (Phi) is 5.03. The zero-order valence-electron chi connectivity index (χ0n) is 14.3. The Morgan fingerprint density at radius 3 is 2.52 bits per heavy atom. The summed E-state index contributed by atoms with van der Waals surface area (Å²) in [5.74, 6) is 0.0503. The minimum Gasteiger partial charge on any atom is -0.497 e. The van der Waals surface area contributed by atoms with Crippen molar-refractivity contribution in [2.45, 2.75) is 25.3 Å². The number of carbonyl (C=O) groups excluding carboxylic acids is 2. The van der Waals surface area contributed by atoms with Gasteiger partial charge in [-0.3, -0.25) is 4.79 Å². The largest absolute Gasteiger partial charge is 0.497 e. The van der Waals surface area contributed by atoms with Crippen LogP contribution in [0.3, 0.4) is 0 Å². The molecule has 2 aromatic carbocycles. The first-order chi connectivity index (χ1) is 12.1. The molecule has 0 radical (unpaired) electrons. The van der Waals surface area contributed by atoms with Crippen LogP contribution in [0.2, 0.25) is 0 Å². The fraction of sp³-hybridized carbons (Fsp3) is 0.300. The standard InChI is InChI=1S/C20H21NO4/c1-14(16-8-10-18(24-2)11-9-16)19(22)21-17(13-25-20(21)23)12-15-6-4-3-5-7-15/h3-11,14,17H,12-13H2,1-2H3/t14?,17-/m0/s1. The van der Waals surface area contributed by atoms with Crippen LogP contribution < -0.4 is 4.74 Å². The van der Waals surface area contributed by atoms with Crippen molar-refractivity contribution in [3.05, 3.63) is 65.7 Å². The van der Waals surface area contributed by atoms with E-state index in [4.69, 9.17) is 9.47 Å². The Bertz CT molecular complexity index is 742. The van der Waals surface area contributed by atoms with Crippen LogP contribution in [-0.4, -0.2) is 36.7 Å². The fourth-order valence-electron chi connectivity index (χ4n) is 3.01. The van der Waals surface area contributed by atoms with Crippen molar-refractivity contribution < 1.29 is 19.1 Å². The predicted octanol–water partition coefficient (Wildman–Crippen LogP) is 3.39. The van der Waals surface area contributed by atoms with Gasteiger partial charge >= 0.3 is 6.09 Å². The zero-order chi connectivity index (χ0) is 17.8. The molecule has 2 amide bonds. The molecular formula is C20H21NO4. The second-order valence-electron chi connectivity index (χ2n) is 6.12. The maximum atomic E-state index is 12.9. The van der Waals surface area contributed by atoms with E-state index in [-0.39, 0.29) is 18.6 Å². The Labute approximate surface area is 147 Å². The summed E-state index contributed by atoms with van der Waals surface area (Å²) in [4.78, 5) is 26.3. The number of nitrogens with zero attached hydrogens (tertiary/aromatic N) is 1. The summed E-state index contributed by atoms with van der Waals surface area (Å²) in [5, 5.41) is 0. The molecule has 0 saturated carbocycles. The van der Waals surface area contributed by atoms with Crippen molar-refractivity contribution in [1.82, 2.24) is 4.90 Å². The molecule has 1 saturated heterocycles. The summed E-state index contributed by atoms with van der Waals surface area (Å²) in [5.41, 5.74) is 1.91. The molecule has 0 bridgehead atoms. The third kappa shape index (κ3) is 3.65. The molecule has 1 unspecified atom stereocenters. The highest BCUT2D eigenvalue weighted by atomic mass is 16.6. The maximum Gasteiger partial charge on any atom is 0.417 e. The highest BCUT2D eigenvalue weighted by Gasteiger charge is 2.39. The molecule has 1 aliphatic rings. The van der Waals surface area contributed by atoms with Crippen molar-refractivity contribution in [3.8, 4) is 5.75 Å². The number of cyclic esters (lactones) is 1. The lowest BCUT2D eigenvalue weighted by molar-refractivity contribution is -0.130. The third-order valence-electron chi connectivity index (χ3n) is 4.50. The molecule has 1 fully saturated rings. The van der Waals surface area contributed by atoms with E-state index >= 15 is 0 Å². The van der Waals surface area contributed by atoms with Gasteiger partial charge in [0.15, 0.2) is 0 Å². The minimum absolute atomic E-state index is 0.231. The smallest absolute Gasteiger partial charge is 0.417 e. The van der Waals surface area contributed by atoms with Crippen LogP contribution in [0.15, 0.2) is 54.6 Å². The fourth-order valence-corrected chi connectivity index (χ4v) is 3.01. The van der Waals surface area contributed by atoms with Crippen LogP contribution in [0.1, 0.15) is 24.0 Å². The summed E-state index contributed by atoms with van der Waals surface area (Å²) < 4.78 is 10.3. The molecule has 25 heavy (non-hydrogen) atoms. The quantitative estimate of drug-likeness (QED) is 0.838. The summed E-state index contributed by atoms with van der Waals surface area (Å²) >= 11 is 0. The van der Waals surface area contributed by atoms with Gasteiger partial charge in [-0.15, -0.1) is 0 Å². The maximum absolute atomic E-state index is 12.9. The molecule has 0 N–H and O–H groups in total. The van der Waals surface area contributed by atoms with Crippen LogP contribution in [0.25, 0.3) is 0 Å². The molecule has 3 rings (SSSR count). The molecule has 5 heteroatoms. The number of carbonyl (C=O) groups is 2. The molecule has 130 valence electrons. The van der Waals surface area contributed by atoms with Gasteiger partial charge in [0, 0.05) is 0 Å². The van der Waals surface area contributed by atoms with Crippen LogP contribution in [0.5, 0.6) is 5.75 Å². The third-order valence-corrected chi connectivity index (χ3v) is 4.50. The Balaban J connectivity index is 1.76. The topological polar surface area (TPSA) is 55.8 Å². The van der Waals surface area contributed by atoms with E-state index in [0.717, 1.165) is 16.9 Å². The van der Waals surface area contributed by atoms with Gasteiger partial charge in [0.1, 0.15) is 12.4 Å². The highest BCUT2D eigenvalue weighted by Crippen LogP contribution is 2.26. The normalized spacial score (nSPS) is 17.9. The Morgan fingerprint density at radius 2 is 1.88 bits per heavy atom. The van der Waals surface area contributed by atoms with Gasteiger partial charge in [-0.2, -0.15) is 0 Å². The number of hydrogen-bond acceptors (Lipinski definition) is 4. The predicted molar refractivity (Wildman–Crippen MR) is 93.5 cm³/mol. The number of rotatable bonds is 5. The van der Waals surface area contributed by atoms with Crippen molar-refractivity contribution in [3.63, 3.8) is 0 Å². The Morgan fingerprint density at radius 1 is 1.20 bits per heavy atom. The van der Waals surface area contributed by atoms with Gasteiger partial charge in [0.05, 0.1) is 19.1 Å². The van der Waals surface area contributed by atoms with Crippen LogP contribution in [0.4, 0.5) is 4.79 Å². The first kappa shape index (κ1) is 17.0. The van der Waals surface area contributed by atoms with E-state index in [1.165, 1.54) is 4.90 Å². The van der Waals surface area contributed by atoms with Crippen molar-refractivity contribution in [2.24, 2.45) is 0 Å². The molecule has 0 aromatic heterocycles. The molecule has 1 aliphatic heterocycles. The first-order valence-electron chi connectivity index (χ1n) is 8.28. The monoisotopic (exact) mass is 339 g/mol. The van der Waals surface area contributed by atoms with E-state index in [1.807, 2.05) is 54.6 Å². The minimum atomic E-state index is -0.564. The first-order valence-corrected chi connectivity index (χ1v) is 8.28. The van der Waals surface area contributed by atoms with Gasteiger partial charge < -0.3 is 9.47 Å². The highest BCUT2D eigenvalue weighted by molar-refractivity contribution is 5.97. The number of methoxy groups -OCH3 is 1. The zero-order valence-corrected chi connectivity index (χ0v) is 14.3. The number of hydrogen-bond donors (Lipinski definition) is 0. The van der Waals surface area contributed by atoms with Gasteiger partial charge in [-0.05, 0) is 36.6 Å². The van der Waals surface area contributed by atoms with Gasteiger partial charge in [-0.25, -0.2) is 9.69 Å². The van der Waals surface area contributed by atoms with E-state index in [9.17, 15) is 9.59 Å². The van der Waals surface area contributed by atoms with E-state index in [2.05, 4.69) is 0 Å². The van der Waals surface area contributed by atoms with Gasteiger partial charge in [0.2, 0.25) is 5.91 Å². The van der Waals surface area contributed by atoms with E-state index < -0.39 is 12.0 Å². The average Bonchev–Trinajstić information content (AvgIpc) is 3.01. The summed E-state index contributed by atoms with van der Waals surface area (Å²) in [6, 6.07) is 16.8. The number of benzene rings is 2. The Hall–Kier alpha value is -2.82. The lowest BCUT2D eigenvalue weighted by atomic mass is 9.98. The molecule has 2 aromatic rings. The van der Waals surface area contributed by atoms with Crippen molar-refractivity contribution in [2.75, 3.05) is 13.7 Å². The van der Waals surface area contributed by atoms with Crippen molar-refractivity contribution >= 4 is 12.0 Å². The molecule has 1 heterocycles. The summed E-state index contributed by atoms with van der Waals surface area (Å²) in [7, 11) is 1.60. The van der Waals surface area contributed by atoms with E-state index in [1.54, 1.807) is 14.0 Å². The molecule has 2 atom stereocenters. The number of imide groups is 1. The number of amides is 2. The molecule has 0 spiro atoms. The molecular weight excluding hydrogens is 318 g/mol. The van der Waals surface area contributed by atoms with Crippen molar-refractivity contribution in [1.29, 1.82) is 0 Å². The SMILES string of the molecule is COc1ccc(C(C)C(=O)N2C(=O)OC[C@@H]2Cc2ccccc2)cc1. The molecule has 5 nitrogen and oxygen atoms in total. The second-order valence-corrected chi connectivity index (χ2v) is 6.12. The lowest BCUT2D eigenvalue weighted by Gasteiger charge is -2.23. The van der Waals surface area contributed by atoms with Crippen LogP contribution in [-0.2, 0) is 16.0 Å². The van der Waals surface area contributed by atoms with Gasteiger partial charge in [0.25, 0.3) is 0 Å². The van der Waals surface area contributed by atoms with E-state index in [0.29, 0.717) is 6.42 Å². The summed E-state index contributed by atoms with van der Waals surface area (Å²) in [6.07, 6.45) is 0.0273. The van der Waals surface area contributed by atoms with Crippen LogP contribution in [0, 0.1) is 0 Å².